The van der Waals surface area contributed by atoms with E-state index in [1.165, 1.54) is 0 Å². The molecule has 4 heterocycles. The quantitative estimate of drug-likeness (QED) is 0.171. The summed E-state index contributed by atoms with van der Waals surface area (Å²) < 4.78 is 19.9. The molecule has 312 valence electrons. The Balaban J connectivity index is 0.000000198. The highest BCUT2D eigenvalue weighted by Crippen LogP contribution is 2.63. The van der Waals surface area contributed by atoms with Gasteiger partial charge in [-0.2, -0.15) is 10.2 Å². The number of halogens is 1. The van der Waals surface area contributed by atoms with E-state index < -0.39 is 11.7 Å². The largest absolute Gasteiger partial charge is 0.445 e. The van der Waals surface area contributed by atoms with Crippen LogP contribution < -0.4 is 16.0 Å². The van der Waals surface area contributed by atoms with Gasteiger partial charge < -0.3 is 35.1 Å². The molecule has 3 amide bonds. The molecule has 0 radical (unpaired) electrons. The van der Waals surface area contributed by atoms with Crippen molar-refractivity contribution in [1.82, 2.24) is 40.4 Å². The van der Waals surface area contributed by atoms with Crippen LogP contribution in [0.15, 0.2) is 85.2 Å². The monoisotopic (exact) mass is 816 g/mol. The molecule has 2 aliphatic heterocycles. The molecule has 3 N–H and O–H groups in total. The van der Waals surface area contributed by atoms with Gasteiger partial charge in [0.1, 0.15) is 18.8 Å². The fraction of sp³-hybridized carbons (Fsp3) is 0.512. The molecule has 8 rings (SSSR count). The van der Waals surface area contributed by atoms with Crippen LogP contribution in [0.5, 0.6) is 0 Å². The van der Waals surface area contributed by atoms with Crippen LogP contribution in [-0.2, 0) is 52.3 Å². The third-order valence-corrected chi connectivity index (χ3v) is 12.0. The molecule has 4 fully saturated rings. The Morgan fingerprint density at radius 3 is 1.69 bits per heavy atom. The van der Waals surface area contributed by atoms with Crippen molar-refractivity contribution in [2.75, 3.05) is 39.3 Å². The maximum Gasteiger partial charge on any atom is 0.410 e. The van der Waals surface area contributed by atoms with E-state index in [0.717, 1.165) is 48.4 Å². The van der Waals surface area contributed by atoms with Gasteiger partial charge in [0.15, 0.2) is 0 Å². The highest BCUT2D eigenvalue weighted by molar-refractivity contribution is 5.85. The minimum atomic E-state index is -0.528. The van der Waals surface area contributed by atoms with E-state index in [1.807, 2.05) is 119 Å². The third-order valence-electron chi connectivity index (χ3n) is 12.0. The van der Waals surface area contributed by atoms with Crippen LogP contribution in [0, 0.1) is 23.7 Å². The van der Waals surface area contributed by atoms with Crippen LogP contribution >= 0.6 is 12.4 Å². The van der Waals surface area contributed by atoms with Crippen LogP contribution in [-0.4, -0.2) is 87.6 Å². The number of piperidine rings is 2. The Hall–Kier alpha value is -5.08. The predicted molar refractivity (Wildman–Crippen MR) is 220 cm³/mol. The van der Waals surface area contributed by atoms with Gasteiger partial charge in [-0.3, -0.25) is 9.36 Å². The number of aromatic nitrogens is 4. The number of carbonyl (C=O) groups excluding carboxylic acids is 3. The summed E-state index contributed by atoms with van der Waals surface area (Å²) in [6.45, 7) is 10.4. The number of hydrogen-bond acceptors (Lipinski definition) is 9. The minimum absolute atomic E-state index is 0. The second kappa shape index (κ2) is 17.8. The molecule has 2 saturated carbocycles. The number of carbonyl (C=O) groups is 3. The summed E-state index contributed by atoms with van der Waals surface area (Å²) in [5, 5.41) is 18.7. The van der Waals surface area contributed by atoms with E-state index >= 15 is 0 Å². The number of ether oxygens (including phenoxy) is 3. The number of benzene rings is 2. The molecule has 58 heavy (non-hydrogen) atoms. The van der Waals surface area contributed by atoms with Gasteiger partial charge in [0.25, 0.3) is 0 Å². The maximum atomic E-state index is 12.6. The normalized spacial score (nSPS) is 25.3. The maximum absolute atomic E-state index is 12.6. The van der Waals surface area contributed by atoms with Gasteiger partial charge in [-0.1, -0.05) is 60.7 Å². The number of fused-ring (bicyclic) bond motifs is 2. The number of likely N-dealkylation sites (tertiary alicyclic amines) is 1. The number of aryl methyl sites for hydroxylation is 2. The van der Waals surface area contributed by atoms with Gasteiger partial charge in [0, 0.05) is 63.5 Å². The fourth-order valence-electron chi connectivity index (χ4n) is 9.15. The Labute approximate surface area is 346 Å². The Morgan fingerprint density at radius 2 is 1.24 bits per heavy atom. The molecule has 0 spiro atoms. The zero-order valence-corrected chi connectivity index (χ0v) is 34.9. The predicted octanol–water partition coefficient (Wildman–Crippen LogP) is 5.72. The third kappa shape index (κ3) is 9.44. The fourth-order valence-corrected chi connectivity index (χ4v) is 9.15. The van der Waals surface area contributed by atoms with E-state index in [4.69, 9.17) is 14.2 Å². The van der Waals surface area contributed by atoms with Crippen molar-refractivity contribution in [1.29, 1.82) is 0 Å². The van der Waals surface area contributed by atoms with Crippen molar-refractivity contribution >= 4 is 30.7 Å². The average Bonchev–Trinajstić information content (AvgIpc) is 3.86. The van der Waals surface area contributed by atoms with E-state index in [9.17, 15) is 14.4 Å². The molecule has 0 bridgehead atoms. The van der Waals surface area contributed by atoms with Crippen LogP contribution in [0.4, 0.5) is 14.4 Å². The average molecular weight is 817 g/mol. The molecular formula is C43H57ClN8O6. The standard InChI is InChI=1S/C24H32N4O4.C19H24N4O2.ClH/c1-23(2,3)32-22(30)28-13-10-18-19(14-28)24(18,20-11-12-27(4)26-20)16-25-21(29)31-15-17-8-6-5-7-9-17;1-23-10-8-17(22-23)19(15-7-9-20-11-16(15)19)13-21-18(24)25-12-14-5-3-2-4-6-14;/h5-9,11-12,18-19H,10,13-16H2,1-4H3,(H,25,29);2-6,8,10,15-16,20H,7,9,11-13H2,1H3,(H,21,24);1H. The lowest BCUT2D eigenvalue weighted by Crippen LogP contribution is -2.41. The van der Waals surface area contributed by atoms with Gasteiger partial charge in [0.05, 0.1) is 11.4 Å². The molecule has 2 aromatic carbocycles. The Morgan fingerprint density at radius 1 is 0.741 bits per heavy atom. The summed E-state index contributed by atoms with van der Waals surface area (Å²) in [6, 6.07) is 23.4. The summed E-state index contributed by atoms with van der Waals surface area (Å²) in [6.07, 6.45) is 4.77. The molecule has 6 atom stereocenters. The van der Waals surface area contributed by atoms with Gasteiger partial charge in [-0.25, -0.2) is 14.4 Å². The zero-order chi connectivity index (χ0) is 40.2. The van der Waals surface area contributed by atoms with Crippen molar-refractivity contribution < 1.29 is 28.6 Å². The second-order valence-corrected chi connectivity index (χ2v) is 16.8. The van der Waals surface area contributed by atoms with Crippen molar-refractivity contribution in [2.45, 2.75) is 63.3 Å². The first-order valence-electron chi connectivity index (χ1n) is 20.0. The van der Waals surface area contributed by atoms with Gasteiger partial charge in [-0.15, -0.1) is 12.4 Å². The summed E-state index contributed by atoms with van der Waals surface area (Å²) in [7, 11) is 3.82. The van der Waals surface area contributed by atoms with Crippen LogP contribution in [0.3, 0.4) is 0 Å². The topological polar surface area (TPSA) is 154 Å². The number of nitrogens with one attached hydrogen (secondary N) is 3. The van der Waals surface area contributed by atoms with E-state index in [1.54, 1.807) is 9.58 Å². The number of rotatable bonds is 10. The Kier molecular flexibility index (Phi) is 13.1. The first-order valence-corrected chi connectivity index (χ1v) is 20.0. The molecule has 15 heteroatoms. The number of alkyl carbamates (subject to hydrolysis) is 2. The van der Waals surface area contributed by atoms with Crippen LogP contribution in [0.2, 0.25) is 0 Å². The van der Waals surface area contributed by atoms with Crippen LogP contribution in [0.1, 0.15) is 56.1 Å². The minimum Gasteiger partial charge on any atom is -0.445 e. The van der Waals surface area contributed by atoms with Crippen molar-refractivity contribution in [3.8, 4) is 0 Å². The van der Waals surface area contributed by atoms with E-state index in [-0.39, 0.29) is 54.6 Å². The lowest BCUT2D eigenvalue weighted by Gasteiger charge is -2.29. The van der Waals surface area contributed by atoms with Crippen molar-refractivity contribution in [2.24, 2.45) is 37.8 Å². The summed E-state index contributed by atoms with van der Waals surface area (Å²) in [4.78, 5) is 39.0. The second-order valence-electron chi connectivity index (χ2n) is 16.8. The van der Waals surface area contributed by atoms with Crippen molar-refractivity contribution in [3.63, 3.8) is 0 Å². The zero-order valence-electron chi connectivity index (χ0n) is 34.1. The number of nitrogens with zero attached hydrogens (tertiary/aromatic N) is 5. The molecule has 2 aromatic heterocycles. The first-order chi connectivity index (χ1) is 27.4. The SMILES string of the molecule is Cl.Cn1ccc(C2(CNC(=O)OCc3ccccc3)C3CCN(C(=O)OC(C)(C)C)CC32)n1.Cn1ccc(C2(CNC(=O)OCc3ccccc3)C3CCNCC32)n1. The lowest BCUT2D eigenvalue weighted by molar-refractivity contribution is 0.0206. The van der Waals surface area contributed by atoms with Crippen LogP contribution in [0.25, 0.3) is 0 Å². The first kappa shape index (κ1) is 42.5. The number of hydrogen-bond donors (Lipinski definition) is 3. The van der Waals surface area contributed by atoms with Gasteiger partial charge >= 0.3 is 18.3 Å². The molecule has 14 nitrogen and oxygen atoms in total. The molecule has 2 aliphatic carbocycles. The molecule has 2 saturated heterocycles. The van der Waals surface area contributed by atoms with Crippen molar-refractivity contribution in [3.05, 3.63) is 108 Å². The lowest BCUT2D eigenvalue weighted by atomic mass is 9.97. The smallest absolute Gasteiger partial charge is 0.410 e. The summed E-state index contributed by atoms with van der Waals surface area (Å²) in [5.41, 5.74) is 3.07. The Bertz CT molecular complexity index is 1990. The number of amides is 3. The molecular weight excluding hydrogens is 760 g/mol. The highest BCUT2D eigenvalue weighted by atomic mass is 35.5. The summed E-state index contributed by atoms with van der Waals surface area (Å²) >= 11 is 0. The van der Waals surface area contributed by atoms with Gasteiger partial charge in [-0.05, 0) is 93.6 Å². The molecule has 4 aromatic rings. The van der Waals surface area contributed by atoms with Gasteiger partial charge in [0.2, 0.25) is 0 Å². The van der Waals surface area contributed by atoms with E-state index in [0.29, 0.717) is 43.9 Å². The highest BCUT2D eigenvalue weighted by Gasteiger charge is 2.68. The van der Waals surface area contributed by atoms with E-state index in [2.05, 4.69) is 32.2 Å². The molecule has 6 unspecified atom stereocenters. The molecule has 4 aliphatic rings. The summed E-state index contributed by atoms with van der Waals surface area (Å²) in [5.74, 6) is 1.68.